The molecule has 0 aromatic carbocycles. The van der Waals surface area contributed by atoms with Gasteiger partial charge in [-0.15, -0.1) is 11.3 Å². The number of anilines is 2. The Balaban J connectivity index is 2.26. The number of rotatable bonds is 3. The highest BCUT2D eigenvalue weighted by Crippen LogP contribution is 2.30. The molecule has 6 heteroatoms. The third kappa shape index (κ3) is 2.76. The van der Waals surface area contributed by atoms with Crippen molar-refractivity contribution in [3.05, 3.63) is 33.3 Å². The second-order valence-electron chi connectivity index (χ2n) is 4.19. The largest absolute Gasteiger partial charge is 0.397 e. The fourth-order valence-electron chi connectivity index (χ4n) is 1.43. The third-order valence-electron chi connectivity index (χ3n) is 2.26. The average Bonchev–Trinajstić information content (AvgIpc) is 2.76. The maximum absolute atomic E-state index is 5.66. The highest BCUT2D eigenvalue weighted by molar-refractivity contribution is 9.10. The van der Waals surface area contributed by atoms with E-state index in [1.54, 1.807) is 23.7 Å². The van der Waals surface area contributed by atoms with Crippen LogP contribution in [0.1, 0.15) is 18.9 Å². The van der Waals surface area contributed by atoms with E-state index in [4.69, 9.17) is 5.73 Å². The lowest BCUT2D eigenvalue weighted by molar-refractivity contribution is 0.600. The first-order valence-corrected chi connectivity index (χ1v) is 6.75. The van der Waals surface area contributed by atoms with Crippen molar-refractivity contribution < 1.29 is 0 Å². The van der Waals surface area contributed by atoms with Crippen LogP contribution < -0.4 is 11.1 Å². The Kier molecular flexibility index (Phi) is 3.35. The van der Waals surface area contributed by atoms with E-state index in [2.05, 4.69) is 45.1 Å². The first-order valence-electron chi connectivity index (χ1n) is 5.08. The van der Waals surface area contributed by atoms with Gasteiger partial charge in [0, 0.05) is 11.6 Å². The number of pyridine rings is 1. The normalized spacial score (nSPS) is 11.5. The lowest BCUT2D eigenvalue weighted by atomic mass is 10.1. The molecule has 2 rings (SSSR count). The monoisotopic (exact) mass is 312 g/mol. The Hall–Kier alpha value is -1.14. The zero-order chi connectivity index (χ0) is 12.5. The Morgan fingerprint density at radius 2 is 2.18 bits per heavy atom. The minimum Gasteiger partial charge on any atom is -0.397 e. The second-order valence-corrected chi connectivity index (χ2v) is 5.94. The first kappa shape index (κ1) is 12.3. The summed E-state index contributed by atoms with van der Waals surface area (Å²) in [4.78, 5) is 8.59. The number of nitrogens with one attached hydrogen (secondary N) is 1. The van der Waals surface area contributed by atoms with Crippen LogP contribution in [0.15, 0.2) is 28.3 Å². The molecule has 0 saturated heterocycles. The van der Waals surface area contributed by atoms with Gasteiger partial charge in [-0.1, -0.05) is 0 Å². The van der Waals surface area contributed by atoms with Crippen LogP contribution in [0.2, 0.25) is 0 Å². The van der Waals surface area contributed by atoms with Gasteiger partial charge in [-0.2, -0.15) is 0 Å². The number of hydrogen-bond donors (Lipinski definition) is 2. The van der Waals surface area contributed by atoms with E-state index in [0.29, 0.717) is 5.69 Å². The number of nitrogen functional groups attached to an aromatic ring is 1. The van der Waals surface area contributed by atoms with E-state index < -0.39 is 0 Å². The summed E-state index contributed by atoms with van der Waals surface area (Å²) in [5.74, 6) is 0.763. The molecule has 0 fully saturated rings. The standard InChI is InChI=1S/C11H13BrN4S/c1-11(2,10-14-3-4-17-10)16-9-8(12)5-7(13)6-15-9/h3-6H,13H2,1-2H3,(H,15,16). The van der Waals surface area contributed by atoms with Gasteiger partial charge in [-0.05, 0) is 35.8 Å². The van der Waals surface area contributed by atoms with E-state index >= 15 is 0 Å². The maximum Gasteiger partial charge on any atom is 0.141 e. The summed E-state index contributed by atoms with van der Waals surface area (Å²) in [5, 5.41) is 6.33. The smallest absolute Gasteiger partial charge is 0.141 e. The maximum atomic E-state index is 5.66. The van der Waals surface area contributed by atoms with Crippen LogP contribution in [-0.2, 0) is 5.54 Å². The molecule has 17 heavy (non-hydrogen) atoms. The number of nitrogens with zero attached hydrogens (tertiary/aromatic N) is 2. The lowest BCUT2D eigenvalue weighted by Gasteiger charge is -2.25. The third-order valence-corrected chi connectivity index (χ3v) is 3.96. The molecule has 2 aromatic rings. The van der Waals surface area contributed by atoms with Gasteiger partial charge in [0.15, 0.2) is 0 Å². The van der Waals surface area contributed by atoms with Crippen LogP contribution >= 0.6 is 27.3 Å². The Morgan fingerprint density at radius 1 is 1.41 bits per heavy atom. The zero-order valence-electron chi connectivity index (χ0n) is 9.57. The number of aromatic nitrogens is 2. The molecule has 2 aromatic heterocycles. The van der Waals surface area contributed by atoms with E-state index in [0.717, 1.165) is 15.3 Å². The van der Waals surface area contributed by atoms with Crippen LogP contribution in [-0.4, -0.2) is 9.97 Å². The summed E-state index contributed by atoms with van der Waals surface area (Å²) in [6, 6.07) is 1.83. The van der Waals surface area contributed by atoms with Crippen LogP contribution in [0, 0.1) is 0 Å². The highest BCUT2D eigenvalue weighted by atomic mass is 79.9. The SMILES string of the molecule is CC(C)(Nc1ncc(N)cc1Br)c1nccs1. The van der Waals surface area contributed by atoms with Gasteiger partial charge in [0.05, 0.1) is 21.9 Å². The van der Waals surface area contributed by atoms with Crippen molar-refractivity contribution in [1.82, 2.24) is 9.97 Å². The molecule has 0 aliphatic heterocycles. The van der Waals surface area contributed by atoms with Gasteiger partial charge < -0.3 is 11.1 Å². The average molecular weight is 313 g/mol. The molecule has 3 N–H and O–H groups in total. The molecule has 0 unspecified atom stereocenters. The predicted molar refractivity (Wildman–Crippen MR) is 75.1 cm³/mol. The molecule has 2 heterocycles. The molecule has 0 aliphatic rings. The molecule has 90 valence electrons. The van der Waals surface area contributed by atoms with Crippen molar-refractivity contribution >= 4 is 38.8 Å². The summed E-state index contributed by atoms with van der Waals surface area (Å²) < 4.78 is 0.849. The molecular weight excluding hydrogens is 300 g/mol. The number of hydrogen-bond acceptors (Lipinski definition) is 5. The summed E-state index contributed by atoms with van der Waals surface area (Å²) in [6.07, 6.45) is 3.43. The van der Waals surface area contributed by atoms with Crippen molar-refractivity contribution in [2.75, 3.05) is 11.1 Å². The van der Waals surface area contributed by atoms with Gasteiger partial charge in [-0.3, -0.25) is 0 Å². The molecule has 0 atom stereocenters. The van der Waals surface area contributed by atoms with E-state index in [9.17, 15) is 0 Å². The predicted octanol–water partition coefficient (Wildman–Crippen LogP) is 3.23. The topological polar surface area (TPSA) is 63.8 Å². The Morgan fingerprint density at radius 3 is 2.76 bits per heavy atom. The summed E-state index contributed by atoms with van der Waals surface area (Å²) in [5.41, 5.74) is 6.02. The molecule has 4 nitrogen and oxygen atoms in total. The number of thiazole rings is 1. The van der Waals surface area contributed by atoms with Crippen LogP contribution in [0.25, 0.3) is 0 Å². The summed E-state index contributed by atoms with van der Waals surface area (Å²) in [7, 11) is 0. The summed E-state index contributed by atoms with van der Waals surface area (Å²) >= 11 is 5.06. The van der Waals surface area contributed by atoms with E-state index in [-0.39, 0.29) is 5.54 Å². The Labute approximate surface area is 112 Å². The van der Waals surface area contributed by atoms with Crippen molar-refractivity contribution in [3.8, 4) is 0 Å². The van der Waals surface area contributed by atoms with Crippen LogP contribution in [0.4, 0.5) is 11.5 Å². The van der Waals surface area contributed by atoms with Gasteiger partial charge in [-0.25, -0.2) is 9.97 Å². The van der Waals surface area contributed by atoms with Crippen LogP contribution in [0.3, 0.4) is 0 Å². The second kappa shape index (κ2) is 4.62. The van der Waals surface area contributed by atoms with Crippen LogP contribution in [0.5, 0.6) is 0 Å². The minimum atomic E-state index is -0.264. The molecule has 0 aliphatic carbocycles. The fourth-order valence-corrected chi connectivity index (χ4v) is 2.61. The number of nitrogens with two attached hydrogens (primary N) is 1. The molecular formula is C11H13BrN4S. The van der Waals surface area contributed by atoms with Gasteiger partial charge >= 0.3 is 0 Å². The van der Waals surface area contributed by atoms with Gasteiger partial charge in [0.2, 0.25) is 0 Å². The van der Waals surface area contributed by atoms with Crippen molar-refractivity contribution in [2.45, 2.75) is 19.4 Å². The molecule has 0 saturated carbocycles. The van der Waals surface area contributed by atoms with Gasteiger partial charge in [0.1, 0.15) is 10.8 Å². The van der Waals surface area contributed by atoms with Crippen molar-refractivity contribution in [1.29, 1.82) is 0 Å². The van der Waals surface area contributed by atoms with E-state index in [1.165, 1.54) is 0 Å². The molecule has 0 bridgehead atoms. The molecule has 0 spiro atoms. The minimum absolute atomic E-state index is 0.264. The molecule has 0 amide bonds. The highest BCUT2D eigenvalue weighted by Gasteiger charge is 2.24. The zero-order valence-corrected chi connectivity index (χ0v) is 12.0. The summed E-state index contributed by atoms with van der Waals surface area (Å²) in [6.45, 7) is 4.13. The van der Waals surface area contributed by atoms with Crippen molar-refractivity contribution in [2.24, 2.45) is 0 Å². The fraction of sp³-hybridized carbons (Fsp3) is 0.273. The molecule has 0 radical (unpaired) electrons. The lowest BCUT2D eigenvalue weighted by Crippen LogP contribution is -2.28. The number of halogens is 1. The van der Waals surface area contributed by atoms with Crippen molar-refractivity contribution in [3.63, 3.8) is 0 Å². The first-order chi connectivity index (χ1) is 7.99. The van der Waals surface area contributed by atoms with Gasteiger partial charge in [0.25, 0.3) is 0 Å². The Bertz CT molecular complexity index is 510. The quantitative estimate of drug-likeness (QED) is 0.913. The van der Waals surface area contributed by atoms with E-state index in [1.807, 2.05) is 11.4 Å².